The van der Waals surface area contributed by atoms with Crippen LogP contribution in [0.1, 0.15) is 118 Å². The highest BCUT2D eigenvalue weighted by molar-refractivity contribution is 5.93. The summed E-state index contributed by atoms with van der Waals surface area (Å²) >= 11 is 0. The van der Waals surface area contributed by atoms with Gasteiger partial charge in [0.2, 0.25) is 0 Å². The largest absolute Gasteiger partial charge is 0.508 e. The van der Waals surface area contributed by atoms with E-state index in [0.29, 0.717) is 33.4 Å². The lowest BCUT2D eigenvalue weighted by molar-refractivity contribution is -0.207. The minimum atomic E-state index is -4.94. The molecule has 0 bridgehead atoms. The molecule has 2 aliphatic rings. The Hall–Kier alpha value is -5.96. The van der Waals surface area contributed by atoms with Gasteiger partial charge >= 0.3 is 24.4 Å². The lowest BCUT2D eigenvalue weighted by atomic mass is 9.84. The molecule has 368 valence electrons. The zero-order chi connectivity index (χ0) is 49.4. The van der Waals surface area contributed by atoms with Crippen molar-refractivity contribution in [2.24, 2.45) is 0 Å². The van der Waals surface area contributed by atoms with Crippen LogP contribution in [-0.2, 0) is 23.7 Å². The number of carbonyl (C=O) groups excluding carboxylic acids is 2. The molecule has 6 rings (SSSR count). The number of anilines is 2. The van der Waals surface area contributed by atoms with Gasteiger partial charge in [0, 0.05) is 22.3 Å². The summed E-state index contributed by atoms with van der Waals surface area (Å²) < 4.78 is 90.0. The van der Waals surface area contributed by atoms with Crippen molar-refractivity contribution in [3.05, 3.63) is 105 Å². The van der Waals surface area contributed by atoms with Gasteiger partial charge < -0.3 is 61.4 Å². The first-order valence-electron chi connectivity index (χ1n) is 20.5. The van der Waals surface area contributed by atoms with Gasteiger partial charge in [0.25, 0.3) is 0 Å². The zero-order valence-electron chi connectivity index (χ0n) is 37.2. The molecule has 4 amide bonds. The molecule has 4 aromatic rings. The Kier molecular flexibility index (Phi) is 16.1. The van der Waals surface area contributed by atoms with Gasteiger partial charge in [-0.2, -0.15) is 26.3 Å². The fourth-order valence-electron chi connectivity index (χ4n) is 7.82. The van der Waals surface area contributed by atoms with Crippen LogP contribution in [-0.4, -0.2) is 81.4 Å². The van der Waals surface area contributed by atoms with Crippen molar-refractivity contribution < 1.29 is 76.0 Å². The van der Waals surface area contributed by atoms with Crippen molar-refractivity contribution in [3.63, 3.8) is 0 Å². The van der Waals surface area contributed by atoms with Crippen LogP contribution in [0.3, 0.4) is 0 Å². The summed E-state index contributed by atoms with van der Waals surface area (Å²) in [6.07, 6.45) is -17.3. The molecule has 14 nitrogen and oxygen atoms in total. The number of alkyl halides is 6. The van der Waals surface area contributed by atoms with E-state index >= 15 is 0 Å². The van der Waals surface area contributed by atoms with Crippen LogP contribution >= 0.6 is 0 Å². The number of hydrogen-bond donors (Lipinski definition) is 10. The summed E-state index contributed by atoms with van der Waals surface area (Å²) in [5.41, 5.74) is 0.521. The Balaban J connectivity index is 0.000000288. The Bertz CT molecular complexity index is 2270. The third-order valence-corrected chi connectivity index (χ3v) is 11.3. The Labute approximate surface area is 384 Å². The van der Waals surface area contributed by atoms with Crippen molar-refractivity contribution in [2.45, 2.75) is 121 Å². The number of carbonyl (C=O) groups is 2. The molecule has 0 aromatic heterocycles. The van der Waals surface area contributed by atoms with Crippen LogP contribution in [0.25, 0.3) is 0 Å². The average molecular weight is 953 g/mol. The molecule has 6 atom stereocenters. The fraction of sp³-hybridized carbons (Fsp3) is 0.447. The van der Waals surface area contributed by atoms with Crippen molar-refractivity contribution in [1.29, 1.82) is 0 Å². The number of urea groups is 2. The molecule has 0 saturated carbocycles. The first-order valence-corrected chi connectivity index (χ1v) is 20.5. The number of aromatic hydroxyl groups is 2. The first-order chi connectivity index (χ1) is 30.5. The first kappa shape index (κ1) is 53.7. The SMILES string of the molecule is C.COc1c(NC(=O)N[C@@H]2Cc3cccc(O)c3[C@@H]2O)cc(C(C)(C)C)cc1[C@@H](O)C(F)(F)F.COc1c(NC(=O)N[C@H]2Cc3cccc(O)c3[C@H]2O)cc(C(C)(C)C)cc1[C@@H](O)C(F)(F)F. The van der Waals surface area contributed by atoms with Crippen molar-refractivity contribution in [2.75, 3.05) is 24.9 Å². The summed E-state index contributed by atoms with van der Waals surface area (Å²) in [7, 11) is 2.28. The monoisotopic (exact) mass is 952 g/mol. The van der Waals surface area contributed by atoms with Crippen molar-refractivity contribution in [1.82, 2.24) is 10.6 Å². The molecule has 0 spiro atoms. The molecule has 0 unspecified atom stereocenters. The highest BCUT2D eigenvalue weighted by atomic mass is 19.4. The number of nitrogens with one attached hydrogen (secondary N) is 4. The second-order valence-corrected chi connectivity index (χ2v) is 18.1. The number of hydrogen-bond acceptors (Lipinski definition) is 10. The molecule has 10 N–H and O–H groups in total. The van der Waals surface area contributed by atoms with Gasteiger partial charge in [-0.3, -0.25) is 0 Å². The predicted octanol–water partition coefficient (Wildman–Crippen LogP) is 8.78. The second kappa shape index (κ2) is 20.1. The van der Waals surface area contributed by atoms with Gasteiger partial charge in [0.05, 0.1) is 37.7 Å². The van der Waals surface area contributed by atoms with Crippen LogP contribution in [0, 0.1) is 0 Å². The van der Waals surface area contributed by atoms with E-state index in [4.69, 9.17) is 9.47 Å². The second-order valence-electron chi connectivity index (χ2n) is 18.1. The van der Waals surface area contributed by atoms with E-state index in [1.807, 2.05) is 0 Å². The summed E-state index contributed by atoms with van der Waals surface area (Å²) in [6, 6.07) is 11.8. The summed E-state index contributed by atoms with van der Waals surface area (Å²) in [4.78, 5) is 25.4. The van der Waals surface area contributed by atoms with Crippen LogP contribution in [0.5, 0.6) is 23.0 Å². The lowest BCUT2D eigenvalue weighted by Gasteiger charge is -2.26. The number of aliphatic hydroxyl groups is 4. The molecule has 0 heterocycles. The van der Waals surface area contributed by atoms with E-state index < -0.39 is 82.9 Å². The quantitative estimate of drug-likeness (QED) is 0.0757. The molecule has 0 aliphatic heterocycles. The maximum absolute atomic E-state index is 13.3. The number of benzene rings is 4. The van der Waals surface area contributed by atoms with E-state index in [1.165, 1.54) is 36.4 Å². The lowest BCUT2D eigenvalue weighted by Crippen LogP contribution is -2.40. The third kappa shape index (κ3) is 12.0. The zero-order valence-corrected chi connectivity index (χ0v) is 37.2. The number of fused-ring (bicyclic) bond motifs is 2. The van der Waals surface area contributed by atoms with Gasteiger partial charge in [-0.05, 0) is 82.3 Å². The maximum Gasteiger partial charge on any atom is 0.418 e. The molecular weight excluding hydrogens is 895 g/mol. The highest BCUT2D eigenvalue weighted by Crippen LogP contribution is 2.46. The summed E-state index contributed by atoms with van der Waals surface area (Å²) in [5, 5.41) is 71.0. The normalized spacial score (nSPS) is 18.8. The topological polar surface area (TPSA) is 222 Å². The highest BCUT2D eigenvalue weighted by Gasteiger charge is 2.44. The van der Waals surface area contributed by atoms with Crippen LogP contribution in [0.2, 0.25) is 0 Å². The van der Waals surface area contributed by atoms with Gasteiger partial charge in [-0.25, -0.2) is 9.59 Å². The van der Waals surface area contributed by atoms with Crippen molar-refractivity contribution >= 4 is 23.4 Å². The van der Waals surface area contributed by atoms with E-state index in [-0.39, 0.29) is 54.6 Å². The molecule has 2 aliphatic carbocycles. The number of amides is 4. The molecular formula is C47H58F6N4O10. The van der Waals surface area contributed by atoms with E-state index in [0.717, 1.165) is 14.2 Å². The van der Waals surface area contributed by atoms with Crippen LogP contribution in [0.15, 0.2) is 60.7 Å². The number of rotatable bonds is 8. The minimum Gasteiger partial charge on any atom is -0.508 e. The van der Waals surface area contributed by atoms with Gasteiger partial charge in [0.1, 0.15) is 35.2 Å². The molecule has 0 radical (unpaired) electrons. The minimum absolute atomic E-state index is 0. The number of halogens is 6. The predicted molar refractivity (Wildman–Crippen MR) is 238 cm³/mol. The Morgan fingerprint density at radius 1 is 0.612 bits per heavy atom. The maximum atomic E-state index is 13.3. The Morgan fingerprint density at radius 2 is 0.940 bits per heavy atom. The van der Waals surface area contributed by atoms with E-state index in [1.54, 1.807) is 65.8 Å². The third-order valence-electron chi connectivity index (χ3n) is 11.3. The van der Waals surface area contributed by atoms with Crippen LogP contribution < -0.4 is 30.7 Å². The molecule has 67 heavy (non-hydrogen) atoms. The van der Waals surface area contributed by atoms with Gasteiger partial charge in [0.15, 0.2) is 12.2 Å². The molecule has 0 saturated heterocycles. The standard InChI is InChI=1S/2C23H27F3N2O5.CH4/c2*1-22(2,3)12-9-13(20(31)23(24,25)26)19(33-4)15(10-12)28-21(32)27-14-8-11-6-5-7-16(29)17(11)18(14)30;/h2*5-7,9-10,14,18,20,29-31H,8H2,1-4H3,(H2,27,28,32);1H4/t14-,18-,20+;14-,18-,20-;/m01./s1. The number of methoxy groups -OCH3 is 2. The van der Waals surface area contributed by atoms with Gasteiger partial charge in [-0.15, -0.1) is 0 Å². The molecule has 20 heteroatoms. The smallest absolute Gasteiger partial charge is 0.418 e. The van der Waals surface area contributed by atoms with Crippen molar-refractivity contribution in [3.8, 4) is 23.0 Å². The molecule has 4 aromatic carbocycles. The fourth-order valence-corrected chi connectivity index (χ4v) is 7.82. The number of ether oxygens (including phenoxy) is 2. The number of phenols is 2. The Morgan fingerprint density at radius 3 is 1.21 bits per heavy atom. The summed E-state index contributed by atoms with van der Waals surface area (Å²) in [6.45, 7) is 10.7. The summed E-state index contributed by atoms with van der Waals surface area (Å²) in [5.74, 6) is -0.822. The molecule has 0 fully saturated rings. The number of aliphatic hydroxyl groups excluding tert-OH is 4. The number of phenolic OH excluding ortho intramolecular Hbond substituents is 2. The van der Waals surface area contributed by atoms with E-state index in [9.17, 15) is 66.6 Å². The average Bonchev–Trinajstić information content (AvgIpc) is 3.70. The van der Waals surface area contributed by atoms with Gasteiger partial charge in [-0.1, -0.05) is 73.2 Å². The van der Waals surface area contributed by atoms with E-state index in [2.05, 4.69) is 21.3 Å². The van der Waals surface area contributed by atoms with Crippen LogP contribution in [0.4, 0.5) is 47.3 Å².